The average molecular weight is 361 g/mol. The van der Waals surface area contributed by atoms with E-state index in [1.165, 1.54) is 0 Å². The molecule has 20 heavy (non-hydrogen) atoms. The van der Waals surface area contributed by atoms with Gasteiger partial charge in [0.05, 0.1) is 9.35 Å². The van der Waals surface area contributed by atoms with Gasteiger partial charge < -0.3 is 11.1 Å². The van der Waals surface area contributed by atoms with Crippen LogP contribution in [0.2, 0.25) is 0 Å². The number of halogens is 3. The van der Waals surface area contributed by atoms with E-state index in [4.69, 9.17) is 5.73 Å². The smallest absolute Gasteiger partial charge is 0.253 e. The molecule has 0 aliphatic rings. The number of anilines is 1. The lowest BCUT2D eigenvalue weighted by atomic mass is 10.1. The fraction of sp³-hybridized carbons (Fsp3) is 0.154. The molecule has 1 amide bonds. The number of nitrogens with one attached hydrogen (secondary N) is 1. The zero-order chi connectivity index (χ0) is 14.7. The van der Waals surface area contributed by atoms with Crippen LogP contribution in [0.15, 0.2) is 28.1 Å². The van der Waals surface area contributed by atoms with Crippen LogP contribution in [0.3, 0.4) is 0 Å². The van der Waals surface area contributed by atoms with Crippen LogP contribution >= 0.6 is 27.3 Å². The van der Waals surface area contributed by atoms with Gasteiger partial charge in [0, 0.05) is 23.2 Å². The first-order chi connectivity index (χ1) is 9.47. The number of hydrogen-bond donors (Lipinski definition) is 2. The lowest BCUT2D eigenvalue weighted by Gasteiger charge is -2.07. The van der Waals surface area contributed by atoms with Crippen molar-refractivity contribution >= 4 is 38.9 Å². The maximum Gasteiger partial charge on any atom is 0.253 e. The van der Waals surface area contributed by atoms with Gasteiger partial charge in [0.1, 0.15) is 0 Å². The minimum atomic E-state index is -1.09. The Bertz CT molecular complexity index is 645. The molecule has 0 radical (unpaired) electrons. The van der Waals surface area contributed by atoms with Crippen LogP contribution in [-0.4, -0.2) is 12.5 Å². The third-order valence-corrected chi connectivity index (χ3v) is 4.31. The molecule has 0 unspecified atom stereocenters. The van der Waals surface area contributed by atoms with Gasteiger partial charge in [-0.25, -0.2) is 8.78 Å². The first kappa shape index (κ1) is 14.9. The van der Waals surface area contributed by atoms with E-state index in [0.29, 0.717) is 13.0 Å². The number of rotatable bonds is 4. The minimum Gasteiger partial charge on any atom is -0.398 e. The summed E-state index contributed by atoms with van der Waals surface area (Å²) in [6.07, 6.45) is 0.658. The van der Waals surface area contributed by atoms with Crippen molar-refractivity contribution in [1.82, 2.24) is 5.32 Å². The molecule has 0 fully saturated rings. The summed E-state index contributed by atoms with van der Waals surface area (Å²) >= 11 is 4.93. The first-order valence-electron chi connectivity index (χ1n) is 5.74. The molecule has 106 valence electrons. The van der Waals surface area contributed by atoms with Gasteiger partial charge in [-0.3, -0.25) is 4.79 Å². The number of nitrogen functional groups attached to an aromatic ring is 1. The van der Waals surface area contributed by atoms with Gasteiger partial charge in [0.25, 0.3) is 5.91 Å². The van der Waals surface area contributed by atoms with E-state index in [1.54, 1.807) is 11.3 Å². The maximum atomic E-state index is 13.1. The summed E-state index contributed by atoms with van der Waals surface area (Å²) in [5.74, 6) is -2.67. The molecule has 0 atom stereocenters. The van der Waals surface area contributed by atoms with E-state index in [2.05, 4.69) is 21.2 Å². The van der Waals surface area contributed by atoms with Crippen molar-refractivity contribution in [3.63, 3.8) is 0 Å². The van der Waals surface area contributed by atoms with Crippen LogP contribution in [-0.2, 0) is 6.42 Å². The standard InChI is InChI=1S/C13H11BrF2N2OS/c14-12-2-1-7(20-12)3-4-18-13(19)8-5-9(15)10(16)6-11(8)17/h1-2,5-6H,3-4,17H2,(H,18,19). The number of nitrogens with two attached hydrogens (primary N) is 1. The van der Waals surface area contributed by atoms with Crippen molar-refractivity contribution in [3.05, 3.63) is 50.1 Å². The molecular formula is C13H11BrF2N2OS. The highest BCUT2D eigenvalue weighted by Crippen LogP contribution is 2.22. The van der Waals surface area contributed by atoms with Gasteiger partial charge in [0.15, 0.2) is 11.6 Å². The van der Waals surface area contributed by atoms with Crippen LogP contribution in [0.5, 0.6) is 0 Å². The topological polar surface area (TPSA) is 55.1 Å². The van der Waals surface area contributed by atoms with E-state index in [9.17, 15) is 13.6 Å². The third kappa shape index (κ3) is 3.55. The van der Waals surface area contributed by atoms with E-state index in [0.717, 1.165) is 20.8 Å². The Balaban J connectivity index is 1.97. The van der Waals surface area contributed by atoms with Gasteiger partial charge in [-0.15, -0.1) is 11.3 Å². The van der Waals surface area contributed by atoms with Gasteiger partial charge in [-0.1, -0.05) is 0 Å². The Morgan fingerprint density at radius 1 is 1.30 bits per heavy atom. The van der Waals surface area contributed by atoms with E-state index in [1.807, 2.05) is 12.1 Å². The summed E-state index contributed by atoms with van der Waals surface area (Å²) in [5, 5.41) is 2.63. The third-order valence-electron chi connectivity index (χ3n) is 2.62. The zero-order valence-electron chi connectivity index (χ0n) is 10.3. The van der Waals surface area contributed by atoms with E-state index in [-0.39, 0.29) is 11.3 Å². The van der Waals surface area contributed by atoms with Crippen molar-refractivity contribution in [2.24, 2.45) is 0 Å². The average Bonchev–Trinajstić information content (AvgIpc) is 2.79. The molecule has 2 aromatic rings. The molecule has 1 aromatic heterocycles. The van der Waals surface area contributed by atoms with Crippen molar-refractivity contribution < 1.29 is 13.6 Å². The van der Waals surface area contributed by atoms with Gasteiger partial charge in [0.2, 0.25) is 0 Å². The normalized spacial score (nSPS) is 10.6. The quantitative estimate of drug-likeness (QED) is 0.821. The SMILES string of the molecule is Nc1cc(F)c(F)cc1C(=O)NCCc1ccc(Br)s1. The molecule has 2 rings (SSSR count). The summed E-state index contributed by atoms with van der Waals surface area (Å²) < 4.78 is 27.0. The van der Waals surface area contributed by atoms with Gasteiger partial charge in [-0.05, 0) is 40.5 Å². The summed E-state index contributed by atoms with van der Waals surface area (Å²) in [6.45, 7) is 0.393. The molecule has 7 heteroatoms. The van der Waals surface area contributed by atoms with Gasteiger partial charge in [-0.2, -0.15) is 0 Å². The Morgan fingerprint density at radius 3 is 2.65 bits per heavy atom. The maximum absolute atomic E-state index is 13.1. The monoisotopic (exact) mass is 360 g/mol. The van der Waals surface area contributed by atoms with Crippen molar-refractivity contribution in [3.8, 4) is 0 Å². The Morgan fingerprint density at radius 2 is 2.00 bits per heavy atom. The molecule has 0 aliphatic carbocycles. The second-order valence-electron chi connectivity index (χ2n) is 4.07. The number of benzene rings is 1. The summed E-state index contributed by atoms with van der Waals surface area (Å²) in [6, 6.07) is 5.49. The highest BCUT2D eigenvalue weighted by atomic mass is 79.9. The fourth-order valence-corrected chi connectivity index (χ4v) is 3.12. The summed E-state index contributed by atoms with van der Waals surface area (Å²) in [5.41, 5.74) is 5.36. The molecule has 3 nitrogen and oxygen atoms in total. The predicted octanol–water partition coefficient (Wildman–Crippen LogP) is 3.34. The Kier molecular flexibility index (Phi) is 4.72. The Labute approximate surface area is 126 Å². The molecule has 3 N–H and O–H groups in total. The van der Waals surface area contributed by atoms with Crippen molar-refractivity contribution in [2.45, 2.75) is 6.42 Å². The summed E-state index contributed by atoms with van der Waals surface area (Å²) in [7, 11) is 0. The molecule has 0 saturated carbocycles. The van der Waals surface area contributed by atoms with Crippen LogP contribution < -0.4 is 11.1 Å². The molecule has 0 saturated heterocycles. The van der Waals surface area contributed by atoms with Crippen molar-refractivity contribution in [1.29, 1.82) is 0 Å². The molecule has 1 aromatic carbocycles. The second-order valence-corrected chi connectivity index (χ2v) is 6.61. The van der Waals surface area contributed by atoms with Crippen LogP contribution in [0.25, 0.3) is 0 Å². The Hall–Kier alpha value is -1.47. The fourth-order valence-electron chi connectivity index (χ4n) is 1.64. The molecule has 1 heterocycles. The lowest BCUT2D eigenvalue weighted by Crippen LogP contribution is -2.26. The largest absolute Gasteiger partial charge is 0.398 e. The highest BCUT2D eigenvalue weighted by Gasteiger charge is 2.14. The van der Waals surface area contributed by atoms with E-state index < -0.39 is 17.5 Å². The summed E-state index contributed by atoms with van der Waals surface area (Å²) in [4.78, 5) is 12.9. The molecule has 0 aliphatic heterocycles. The molecule has 0 bridgehead atoms. The van der Waals surface area contributed by atoms with Gasteiger partial charge >= 0.3 is 0 Å². The second kappa shape index (κ2) is 6.32. The van der Waals surface area contributed by atoms with Crippen LogP contribution in [0.4, 0.5) is 14.5 Å². The molecular weight excluding hydrogens is 350 g/mol. The van der Waals surface area contributed by atoms with Crippen LogP contribution in [0.1, 0.15) is 15.2 Å². The number of thiophene rings is 1. The number of carbonyl (C=O) groups excluding carboxylic acids is 1. The zero-order valence-corrected chi connectivity index (χ0v) is 12.7. The van der Waals surface area contributed by atoms with Crippen LogP contribution in [0, 0.1) is 11.6 Å². The minimum absolute atomic E-state index is 0.0590. The number of hydrogen-bond acceptors (Lipinski definition) is 3. The molecule has 0 spiro atoms. The lowest BCUT2D eigenvalue weighted by molar-refractivity contribution is 0.0954. The van der Waals surface area contributed by atoms with Crippen molar-refractivity contribution in [2.75, 3.05) is 12.3 Å². The number of amides is 1. The highest BCUT2D eigenvalue weighted by molar-refractivity contribution is 9.11. The first-order valence-corrected chi connectivity index (χ1v) is 7.35. The predicted molar refractivity (Wildman–Crippen MR) is 78.8 cm³/mol. The van der Waals surface area contributed by atoms with E-state index >= 15 is 0 Å². The number of carbonyl (C=O) groups is 1.